The van der Waals surface area contributed by atoms with Crippen LogP contribution in [0.3, 0.4) is 0 Å². The molecule has 0 N–H and O–H groups in total. The summed E-state index contributed by atoms with van der Waals surface area (Å²) in [6, 6.07) is 5.76. The van der Waals surface area contributed by atoms with Gasteiger partial charge in [0.1, 0.15) is 5.75 Å². The van der Waals surface area contributed by atoms with Gasteiger partial charge in [-0.2, -0.15) is 0 Å². The summed E-state index contributed by atoms with van der Waals surface area (Å²) in [6.07, 6.45) is 0. The lowest BCUT2D eigenvalue weighted by atomic mass is 10.3. The van der Waals surface area contributed by atoms with E-state index >= 15 is 0 Å². The fourth-order valence-corrected chi connectivity index (χ4v) is 1.69. The van der Waals surface area contributed by atoms with Crippen molar-refractivity contribution in [1.29, 1.82) is 0 Å². The molecular weight excluding hydrogens is 224 g/mol. The van der Waals surface area contributed by atoms with Crippen LogP contribution in [0.1, 0.15) is 6.92 Å². The van der Waals surface area contributed by atoms with Gasteiger partial charge in [-0.1, -0.05) is 6.07 Å². The normalized spacial score (nSPS) is 9.73. The third-order valence-electron chi connectivity index (χ3n) is 1.23. The van der Waals surface area contributed by atoms with E-state index < -0.39 is 0 Å². The summed E-state index contributed by atoms with van der Waals surface area (Å²) in [5, 5.41) is 0. The van der Waals surface area contributed by atoms with Crippen LogP contribution >= 0.6 is 28.6 Å². The van der Waals surface area contributed by atoms with Crippen LogP contribution in [-0.4, -0.2) is 6.61 Å². The van der Waals surface area contributed by atoms with Crippen molar-refractivity contribution in [2.75, 3.05) is 6.61 Å². The molecule has 0 amide bonds. The minimum atomic E-state index is 0.663. The van der Waals surface area contributed by atoms with Gasteiger partial charge in [-0.3, -0.25) is 0 Å². The molecule has 1 aromatic carbocycles. The van der Waals surface area contributed by atoms with Gasteiger partial charge >= 0.3 is 0 Å². The summed E-state index contributed by atoms with van der Waals surface area (Å²) in [6.45, 7) is 2.61. The summed E-state index contributed by atoms with van der Waals surface area (Å²) in [4.78, 5) is 0.862. The molecule has 0 bridgehead atoms. The second kappa shape index (κ2) is 4.02. The van der Waals surface area contributed by atoms with Crippen LogP contribution in [0, 0.1) is 0 Å². The first-order valence-electron chi connectivity index (χ1n) is 3.36. The lowest BCUT2D eigenvalue weighted by Crippen LogP contribution is -1.92. The van der Waals surface area contributed by atoms with Gasteiger partial charge in [-0.15, -0.1) is 12.6 Å². The molecular formula is C8H9BrOS. The van der Waals surface area contributed by atoms with E-state index in [2.05, 4.69) is 28.6 Å². The van der Waals surface area contributed by atoms with Gasteiger partial charge in [0.2, 0.25) is 0 Å². The van der Waals surface area contributed by atoms with Crippen LogP contribution in [0.2, 0.25) is 0 Å². The van der Waals surface area contributed by atoms with Crippen molar-refractivity contribution in [3.63, 3.8) is 0 Å². The third-order valence-corrected chi connectivity index (χ3v) is 2.21. The van der Waals surface area contributed by atoms with Crippen LogP contribution in [0.25, 0.3) is 0 Å². The minimum absolute atomic E-state index is 0.663. The Labute approximate surface area is 80.3 Å². The number of hydrogen-bond acceptors (Lipinski definition) is 2. The maximum Gasteiger partial charge on any atom is 0.146 e. The number of rotatable bonds is 2. The topological polar surface area (TPSA) is 9.23 Å². The predicted octanol–water partition coefficient (Wildman–Crippen LogP) is 3.14. The SMILES string of the molecule is CCOc1c(S)cccc1Br. The Balaban J connectivity index is 3.00. The Bertz CT molecular complexity index is 230. The van der Waals surface area contributed by atoms with Crippen molar-refractivity contribution in [2.45, 2.75) is 11.8 Å². The van der Waals surface area contributed by atoms with Crippen LogP contribution in [-0.2, 0) is 0 Å². The molecule has 1 rings (SSSR count). The number of benzene rings is 1. The fourth-order valence-electron chi connectivity index (χ4n) is 0.785. The molecule has 0 aromatic heterocycles. The van der Waals surface area contributed by atoms with Crippen molar-refractivity contribution < 1.29 is 4.74 Å². The van der Waals surface area contributed by atoms with E-state index in [1.165, 1.54) is 0 Å². The summed E-state index contributed by atoms with van der Waals surface area (Å²) in [7, 11) is 0. The van der Waals surface area contributed by atoms with E-state index in [4.69, 9.17) is 4.74 Å². The highest BCUT2D eigenvalue weighted by molar-refractivity contribution is 9.10. The Morgan fingerprint density at radius 1 is 1.55 bits per heavy atom. The highest BCUT2D eigenvalue weighted by Crippen LogP contribution is 2.31. The molecule has 0 unspecified atom stereocenters. The van der Waals surface area contributed by atoms with Crippen molar-refractivity contribution in [3.8, 4) is 5.75 Å². The van der Waals surface area contributed by atoms with Crippen LogP contribution in [0.15, 0.2) is 27.6 Å². The maximum absolute atomic E-state index is 5.34. The van der Waals surface area contributed by atoms with Gasteiger partial charge < -0.3 is 4.74 Å². The molecule has 0 aliphatic heterocycles. The zero-order chi connectivity index (χ0) is 8.27. The molecule has 1 aromatic rings. The molecule has 0 radical (unpaired) electrons. The molecule has 1 nitrogen and oxygen atoms in total. The van der Waals surface area contributed by atoms with E-state index in [1.807, 2.05) is 25.1 Å². The zero-order valence-corrected chi connectivity index (χ0v) is 8.65. The highest BCUT2D eigenvalue weighted by atomic mass is 79.9. The van der Waals surface area contributed by atoms with E-state index in [1.54, 1.807) is 0 Å². The number of thiol groups is 1. The van der Waals surface area contributed by atoms with Crippen molar-refractivity contribution >= 4 is 28.6 Å². The molecule has 0 heterocycles. The Hall–Kier alpha value is -0.150. The van der Waals surface area contributed by atoms with Gasteiger partial charge in [0.15, 0.2) is 0 Å². The van der Waals surface area contributed by atoms with E-state index in [9.17, 15) is 0 Å². The fraction of sp³-hybridized carbons (Fsp3) is 0.250. The Kier molecular flexibility index (Phi) is 3.27. The number of ether oxygens (including phenoxy) is 1. The van der Waals surface area contributed by atoms with Gasteiger partial charge in [0, 0.05) is 4.90 Å². The number of halogens is 1. The van der Waals surface area contributed by atoms with Gasteiger partial charge in [0.05, 0.1) is 11.1 Å². The van der Waals surface area contributed by atoms with E-state index in [0.29, 0.717) is 6.61 Å². The predicted molar refractivity (Wildman–Crippen MR) is 52.6 cm³/mol. The summed E-state index contributed by atoms with van der Waals surface area (Å²) < 4.78 is 6.29. The lowest BCUT2D eigenvalue weighted by Gasteiger charge is -2.07. The monoisotopic (exact) mass is 232 g/mol. The molecule has 0 atom stereocenters. The molecule has 0 saturated carbocycles. The molecule has 0 aliphatic rings. The van der Waals surface area contributed by atoms with Crippen molar-refractivity contribution in [1.82, 2.24) is 0 Å². The minimum Gasteiger partial charge on any atom is -0.492 e. The van der Waals surface area contributed by atoms with Crippen molar-refractivity contribution in [3.05, 3.63) is 22.7 Å². The van der Waals surface area contributed by atoms with E-state index in [0.717, 1.165) is 15.1 Å². The molecule has 0 fully saturated rings. The van der Waals surface area contributed by atoms with Crippen LogP contribution < -0.4 is 4.74 Å². The first kappa shape index (κ1) is 8.94. The van der Waals surface area contributed by atoms with Gasteiger partial charge in [-0.05, 0) is 35.0 Å². The zero-order valence-electron chi connectivity index (χ0n) is 6.17. The molecule has 3 heteroatoms. The van der Waals surface area contributed by atoms with E-state index in [-0.39, 0.29) is 0 Å². The first-order chi connectivity index (χ1) is 5.25. The number of para-hydroxylation sites is 1. The summed E-state index contributed by atoms with van der Waals surface area (Å²) in [5.41, 5.74) is 0. The maximum atomic E-state index is 5.34. The molecule has 0 spiro atoms. The second-order valence-corrected chi connectivity index (χ2v) is 3.36. The van der Waals surface area contributed by atoms with Gasteiger partial charge in [-0.25, -0.2) is 0 Å². The molecule has 0 saturated heterocycles. The quantitative estimate of drug-likeness (QED) is 0.772. The standard InChI is InChI=1S/C8H9BrOS/c1-2-10-8-6(9)4-3-5-7(8)11/h3-5,11H,2H2,1H3. The first-order valence-corrected chi connectivity index (χ1v) is 4.60. The second-order valence-electron chi connectivity index (χ2n) is 2.02. The molecule has 0 aliphatic carbocycles. The largest absolute Gasteiger partial charge is 0.492 e. The molecule has 11 heavy (non-hydrogen) atoms. The third kappa shape index (κ3) is 2.14. The highest BCUT2D eigenvalue weighted by Gasteiger charge is 2.02. The van der Waals surface area contributed by atoms with Crippen molar-refractivity contribution in [2.24, 2.45) is 0 Å². The smallest absolute Gasteiger partial charge is 0.146 e. The summed E-state index contributed by atoms with van der Waals surface area (Å²) in [5.74, 6) is 0.818. The Morgan fingerprint density at radius 2 is 2.27 bits per heavy atom. The average Bonchev–Trinajstić information content (AvgIpc) is 1.97. The Morgan fingerprint density at radius 3 is 2.82 bits per heavy atom. The summed E-state index contributed by atoms with van der Waals surface area (Å²) >= 11 is 7.62. The molecule has 60 valence electrons. The average molecular weight is 233 g/mol. The van der Waals surface area contributed by atoms with Crippen LogP contribution in [0.5, 0.6) is 5.75 Å². The van der Waals surface area contributed by atoms with Crippen LogP contribution in [0.4, 0.5) is 0 Å². The lowest BCUT2D eigenvalue weighted by molar-refractivity contribution is 0.330. The van der Waals surface area contributed by atoms with Gasteiger partial charge in [0.25, 0.3) is 0 Å². The number of hydrogen-bond donors (Lipinski definition) is 1.